The second-order valence-electron chi connectivity index (χ2n) is 7.16. The van der Waals surface area contributed by atoms with Crippen LogP contribution in [0.3, 0.4) is 0 Å². The van der Waals surface area contributed by atoms with Crippen LogP contribution in [0.4, 0.5) is 16.2 Å². The highest BCUT2D eigenvalue weighted by Crippen LogP contribution is 2.41. The van der Waals surface area contributed by atoms with Gasteiger partial charge in [-0.05, 0) is 48.4 Å². The molecule has 0 radical (unpaired) electrons. The first-order chi connectivity index (χ1) is 14.3. The number of hydrogen-bond acceptors (Lipinski definition) is 4. The van der Waals surface area contributed by atoms with Gasteiger partial charge in [0.25, 0.3) is 10.0 Å². The Labute approximate surface area is 190 Å². The second kappa shape index (κ2) is 8.61. The number of carbonyl (C=O) groups excluding carboxylic acids is 1. The van der Waals surface area contributed by atoms with E-state index in [-0.39, 0.29) is 26.7 Å². The van der Waals surface area contributed by atoms with Crippen LogP contribution in [0.2, 0.25) is 10.0 Å². The summed E-state index contributed by atoms with van der Waals surface area (Å²) in [5.41, 5.74) is 1.35. The van der Waals surface area contributed by atoms with Crippen LogP contribution in [0.15, 0.2) is 41.3 Å². The normalized spacial score (nSPS) is 13.8. The van der Waals surface area contributed by atoms with Gasteiger partial charge in [0, 0.05) is 36.4 Å². The Kier molecular flexibility index (Phi) is 6.63. The Morgan fingerprint density at radius 3 is 2.29 bits per heavy atom. The van der Waals surface area contributed by atoms with Crippen molar-refractivity contribution in [1.29, 1.82) is 0 Å². The van der Waals surface area contributed by atoms with Gasteiger partial charge in [0.05, 0.1) is 10.6 Å². The molecule has 0 aliphatic carbocycles. The van der Waals surface area contributed by atoms with Crippen LogP contribution in [0.5, 0.6) is 0 Å². The molecule has 13 heteroatoms. The first-order valence-electron chi connectivity index (χ1n) is 8.95. The number of benzene rings is 2. The van der Waals surface area contributed by atoms with Crippen LogP contribution in [-0.2, 0) is 21.0 Å². The molecule has 0 saturated heterocycles. The Balaban J connectivity index is 2.08. The highest BCUT2D eigenvalue weighted by molar-refractivity contribution is 7.93. The van der Waals surface area contributed by atoms with Crippen molar-refractivity contribution in [2.75, 3.05) is 36.1 Å². The molecule has 0 atom stereocenters. The van der Waals surface area contributed by atoms with E-state index >= 15 is 0 Å². The van der Waals surface area contributed by atoms with Gasteiger partial charge in [0.1, 0.15) is 6.29 Å². The largest absolute Gasteiger partial charge is 0.345 e. The lowest BCUT2D eigenvalue weighted by atomic mass is 10.1. The maximum Gasteiger partial charge on any atom is 0.345 e. The van der Waals surface area contributed by atoms with E-state index in [1.807, 2.05) is 0 Å². The van der Waals surface area contributed by atoms with Crippen LogP contribution in [0.25, 0.3) is 0 Å². The number of amides is 2. The summed E-state index contributed by atoms with van der Waals surface area (Å²) >= 11 is 11.9. The highest BCUT2D eigenvalue weighted by Gasteiger charge is 2.33. The van der Waals surface area contributed by atoms with Gasteiger partial charge < -0.3 is 14.7 Å². The lowest BCUT2D eigenvalue weighted by Crippen LogP contribution is -2.38. The third-order valence-corrected chi connectivity index (χ3v) is 7.63. The minimum absolute atomic E-state index is 0.0531. The van der Waals surface area contributed by atoms with Crippen molar-refractivity contribution in [3.8, 4) is 0 Å². The maximum atomic E-state index is 13.3. The van der Waals surface area contributed by atoms with Gasteiger partial charge >= 0.3 is 13.6 Å². The molecule has 0 bridgehead atoms. The van der Waals surface area contributed by atoms with Crippen molar-refractivity contribution in [3.63, 3.8) is 0 Å². The van der Waals surface area contributed by atoms with E-state index < -0.39 is 23.9 Å². The fourth-order valence-corrected chi connectivity index (χ4v) is 6.66. The third kappa shape index (κ3) is 5.16. The summed E-state index contributed by atoms with van der Waals surface area (Å²) in [6, 6.07) is 7.91. The van der Waals surface area contributed by atoms with E-state index in [0.717, 1.165) is 12.1 Å². The van der Waals surface area contributed by atoms with Gasteiger partial charge in [-0.25, -0.2) is 13.2 Å². The number of nitrogens with zero attached hydrogens (tertiary/aromatic N) is 3. The van der Waals surface area contributed by atoms with Crippen LogP contribution in [-0.4, -0.2) is 56.1 Å². The molecule has 9 nitrogen and oxygen atoms in total. The van der Waals surface area contributed by atoms with Crippen molar-refractivity contribution in [3.05, 3.63) is 52.0 Å². The Morgan fingerprint density at radius 1 is 1.13 bits per heavy atom. The zero-order chi connectivity index (χ0) is 23.1. The number of halogens is 2. The summed E-state index contributed by atoms with van der Waals surface area (Å²) < 4.78 is 38.9. The monoisotopic (exact) mass is 507 g/mol. The first-order valence-corrected chi connectivity index (χ1v) is 12.9. The van der Waals surface area contributed by atoms with Crippen molar-refractivity contribution in [2.24, 2.45) is 0 Å². The van der Waals surface area contributed by atoms with E-state index in [4.69, 9.17) is 23.2 Å². The standard InChI is InChI=1S/C18H20Cl2N3O6PS/c1-21(2)18(24)22-6-5-12-7-15(3-4-17(12)22)23(11-30(25,26)27)31(28,29)16-9-13(19)8-14(20)10-16/h3-4,7-10H,5-6,11H2,1-2H3,(H2,25,26,27). The maximum absolute atomic E-state index is 13.3. The molecule has 2 amide bonds. The van der Waals surface area contributed by atoms with Crippen LogP contribution in [0, 0.1) is 0 Å². The smallest absolute Gasteiger partial charge is 0.330 e. The Hall–Kier alpha value is -1.81. The van der Waals surface area contributed by atoms with Crippen LogP contribution in [0.1, 0.15) is 5.56 Å². The van der Waals surface area contributed by atoms with Crippen molar-refractivity contribution >= 4 is 58.2 Å². The summed E-state index contributed by atoms with van der Waals surface area (Å²) in [5.74, 6) is 0. The average Bonchev–Trinajstić information content (AvgIpc) is 3.06. The number of fused-ring (bicyclic) bond motifs is 1. The molecular formula is C18H20Cl2N3O6PS. The molecule has 0 unspecified atom stereocenters. The van der Waals surface area contributed by atoms with Crippen molar-refractivity contribution in [2.45, 2.75) is 11.3 Å². The number of carbonyl (C=O) groups is 1. The van der Waals surface area contributed by atoms with Gasteiger partial charge in [-0.1, -0.05) is 23.2 Å². The Morgan fingerprint density at radius 2 is 1.74 bits per heavy atom. The van der Waals surface area contributed by atoms with E-state index in [1.165, 1.54) is 23.1 Å². The quantitative estimate of drug-likeness (QED) is 0.598. The fourth-order valence-electron chi connectivity index (χ4n) is 3.25. The van der Waals surface area contributed by atoms with Gasteiger partial charge in [0.2, 0.25) is 0 Å². The molecule has 1 aliphatic heterocycles. The van der Waals surface area contributed by atoms with Crippen LogP contribution >= 0.6 is 30.8 Å². The number of rotatable bonds is 5. The molecule has 0 aromatic heterocycles. The summed E-state index contributed by atoms with van der Waals surface area (Å²) in [7, 11) is -5.94. The topological polar surface area (TPSA) is 118 Å². The van der Waals surface area contributed by atoms with E-state index in [2.05, 4.69) is 0 Å². The Bertz CT molecular complexity index is 1160. The molecule has 2 aromatic rings. The zero-order valence-corrected chi connectivity index (χ0v) is 19.8. The molecule has 2 aromatic carbocycles. The first kappa shape index (κ1) is 23.8. The minimum Gasteiger partial charge on any atom is -0.330 e. The molecule has 168 valence electrons. The molecule has 1 heterocycles. The predicted molar refractivity (Wildman–Crippen MR) is 120 cm³/mol. The summed E-state index contributed by atoms with van der Waals surface area (Å²) in [5, 5.41) is 0.128. The minimum atomic E-state index is -4.78. The predicted octanol–water partition coefficient (Wildman–Crippen LogP) is 3.37. The van der Waals surface area contributed by atoms with Crippen molar-refractivity contribution in [1.82, 2.24) is 4.90 Å². The molecular weight excluding hydrogens is 488 g/mol. The summed E-state index contributed by atoms with van der Waals surface area (Å²) in [6.07, 6.45) is -0.603. The number of anilines is 2. The molecule has 2 N–H and O–H groups in total. The van der Waals surface area contributed by atoms with Gasteiger partial charge in [-0.15, -0.1) is 0 Å². The summed E-state index contributed by atoms with van der Waals surface area (Å²) in [6.45, 7) is 0.408. The third-order valence-electron chi connectivity index (χ3n) is 4.60. The van der Waals surface area contributed by atoms with Gasteiger partial charge in [0.15, 0.2) is 0 Å². The SMILES string of the molecule is CN(C)C(=O)N1CCc2cc(N(CP(=O)(O)O)S(=O)(=O)c3cc(Cl)cc(Cl)c3)ccc21. The lowest BCUT2D eigenvalue weighted by Gasteiger charge is -2.26. The van der Waals surface area contributed by atoms with E-state index in [1.54, 1.807) is 25.1 Å². The molecule has 0 spiro atoms. The number of sulfonamides is 1. The van der Waals surface area contributed by atoms with E-state index in [0.29, 0.717) is 28.5 Å². The lowest BCUT2D eigenvalue weighted by molar-refractivity contribution is 0.224. The zero-order valence-electron chi connectivity index (χ0n) is 16.6. The van der Waals surface area contributed by atoms with Gasteiger partial charge in [-0.2, -0.15) is 0 Å². The van der Waals surface area contributed by atoms with Crippen molar-refractivity contribution < 1.29 is 27.6 Å². The number of urea groups is 1. The molecule has 31 heavy (non-hydrogen) atoms. The van der Waals surface area contributed by atoms with E-state index in [9.17, 15) is 27.6 Å². The molecule has 0 fully saturated rings. The molecule has 1 aliphatic rings. The van der Waals surface area contributed by atoms with Crippen LogP contribution < -0.4 is 9.21 Å². The number of hydrogen-bond donors (Lipinski definition) is 2. The molecule has 0 saturated carbocycles. The summed E-state index contributed by atoms with van der Waals surface area (Å²) in [4.78, 5) is 34.1. The average molecular weight is 508 g/mol. The fraction of sp³-hybridized carbons (Fsp3) is 0.278. The molecule has 3 rings (SSSR count). The van der Waals surface area contributed by atoms with Gasteiger partial charge in [-0.3, -0.25) is 13.8 Å². The second-order valence-corrected chi connectivity index (χ2v) is 11.5. The highest BCUT2D eigenvalue weighted by atomic mass is 35.5.